The Kier molecular flexibility index (Phi) is 4.62. The van der Waals surface area contributed by atoms with E-state index in [0.29, 0.717) is 22.1 Å². The topological polar surface area (TPSA) is 54.0 Å². The van der Waals surface area contributed by atoms with Crippen molar-refractivity contribution in [3.05, 3.63) is 51.1 Å². The Morgan fingerprint density at radius 1 is 1.30 bits per heavy atom. The zero-order chi connectivity index (χ0) is 14.7. The second kappa shape index (κ2) is 6.24. The number of amides is 1. The predicted octanol–water partition coefficient (Wildman–Crippen LogP) is 4.10. The van der Waals surface area contributed by atoms with Gasteiger partial charge in [-0.2, -0.15) is 0 Å². The molecular weight excluding hydrogens is 342 g/mol. The highest BCUT2D eigenvalue weighted by Gasteiger charge is 2.09. The van der Waals surface area contributed by atoms with Crippen LogP contribution in [0.15, 0.2) is 34.8 Å². The van der Waals surface area contributed by atoms with Gasteiger partial charge in [-0.05, 0) is 53.2 Å². The molecule has 0 saturated heterocycles. The molecule has 4 nitrogen and oxygen atoms in total. The van der Waals surface area contributed by atoms with Gasteiger partial charge in [-0.15, -0.1) is 0 Å². The SMILES string of the molecule is CNc1cc(C(=O)Nc2ccc(Br)c(Cl)c2)cc(C)n1. The van der Waals surface area contributed by atoms with Gasteiger partial charge in [0.15, 0.2) is 0 Å². The Balaban J connectivity index is 2.23. The molecule has 6 heteroatoms. The molecule has 1 aromatic heterocycles. The maximum absolute atomic E-state index is 12.2. The van der Waals surface area contributed by atoms with Crippen LogP contribution in [0.3, 0.4) is 0 Å². The molecule has 0 aliphatic heterocycles. The van der Waals surface area contributed by atoms with Gasteiger partial charge in [-0.25, -0.2) is 4.98 Å². The molecule has 0 spiro atoms. The lowest BCUT2D eigenvalue weighted by Crippen LogP contribution is -2.13. The number of benzene rings is 1. The largest absolute Gasteiger partial charge is 0.373 e. The average Bonchev–Trinajstić information content (AvgIpc) is 2.42. The molecule has 0 aliphatic carbocycles. The normalized spacial score (nSPS) is 10.2. The maximum atomic E-state index is 12.2. The van der Waals surface area contributed by atoms with E-state index in [4.69, 9.17) is 11.6 Å². The van der Waals surface area contributed by atoms with Gasteiger partial charge in [-0.3, -0.25) is 4.79 Å². The van der Waals surface area contributed by atoms with Crippen LogP contribution >= 0.6 is 27.5 Å². The summed E-state index contributed by atoms with van der Waals surface area (Å²) in [7, 11) is 1.76. The van der Waals surface area contributed by atoms with Crippen molar-refractivity contribution in [3.63, 3.8) is 0 Å². The number of carbonyl (C=O) groups excluding carboxylic acids is 1. The Hall–Kier alpha value is -1.59. The number of rotatable bonds is 3. The number of hydrogen-bond donors (Lipinski definition) is 2. The van der Waals surface area contributed by atoms with Crippen LogP contribution in [0.25, 0.3) is 0 Å². The van der Waals surface area contributed by atoms with Gasteiger partial charge in [-0.1, -0.05) is 11.6 Å². The number of nitrogens with zero attached hydrogens (tertiary/aromatic N) is 1. The summed E-state index contributed by atoms with van der Waals surface area (Å²) < 4.78 is 0.786. The van der Waals surface area contributed by atoms with Crippen molar-refractivity contribution in [2.75, 3.05) is 17.7 Å². The van der Waals surface area contributed by atoms with Gasteiger partial charge in [0.2, 0.25) is 0 Å². The lowest BCUT2D eigenvalue weighted by Gasteiger charge is -2.08. The first-order valence-electron chi connectivity index (χ1n) is 5.92. The summed E-state index contributed by atoms with van der Waals surface area (Å²) in [6, 6.07) is 8.69. The number of halogens is 2. The molecule has 0 aliphatic rings. The first kappa shape index (κ1) is 14.8. The van der Waals surface area contributed by atoms with Crippen molar-refractivity contribution in [2.45, 2.75) is 6.92 Å². The van der Waals surface area contributed by atoms with Crippen LogP contribution in [0.4, 0.5) is 11.5 Å². The minimum absolute atomic E-state index is 0.203. The van der Waals surface area contributed by atoms with E-state index in [0.717, 1.165) is 10.2 Å². The van der Waals surface area contributed by atoms with E-state index in [-0.39, 0.29) is 5.91 Å². The van der Waals surface area contributed by atoms with E-state index in [1.807, 2.05) is 6.92 Å². The minimum atomic E-state index is -0.203. The van der Waals surface area contributed by atoms with Gasteiger partial charge < -0.3 is 10.6 Å². The smallest absolute Gasteiger partial charge is 0.255 e. The van der Waals surface area contributed by atoms with Crippen molar-refractivity contribution in [1.29, 1.82) is 0 Å². The molecule has 1 heterocycles. The lowest BCUT2D eigenvalue weighted by molar-refractivity contribution is 0.102. The van der Waals surface area contributed by atoms with Crippen LogP contribution in [-0.2, 0) is 0 Å². The molecule has 0 radical (unpaired) electrons. The fourth-order valence-corrected chi connectivity index (χ4v) is 2.13. The monoisotopic (exact) mass is 353 g/mol. The summed E-state index contributed by atoms with van der Waals surface area (Å²) >= 11 is 9.31. The molecule has 1 aromatic carbocycles. The van der Waals surface area contributed by atoms with Gasteiger partial charge in [0.1, 0.15) is 5.82 Å². The second-order valence-electron chi connectivity index (χ2n) is 4.22. The van der Waals surface area contributed by atoms with E-state index >= 15 is 0 Å². The summed E-state index contributed by atoms with van der Waals surface area (Å²) in [6.07, 6.45) is 0. The third-order valence-electron chi connectivity index (χ3n) is 2.65. The molecule has 20 heavy (non-hydrogen) atoms. The molecule has 0 saturated carbocycles. The molecule has 0 unspecified atom stereocenters. The molecular formula is C14H13BrClN3O. The van der Waals surface area contributed by atoms with Gasteiger partial charge in [0, 0.05) is 28.5 Å². The fraction of sp³-hybridized carbons (Fsp3) is 0.143. The molecule has 1 amide bonds. The van der Waals surface area contributed by atoms with Crippen LogP contribution in [-0.4, -0.2) is 17.9 Å². The van der Waals surface area contributed by atoms with E-state index in [2.05, 4.69) is 31.5 Å². The summed E-state index contributed by atoms with van der Waals surface area (Å²) in [4.78, 5) is 16.5. The molecule has 2 aromatic rings. The summed E-state index contributed by atoms with van der Waals surface area (Å²) in [6.45, 7) is 1.84. The van der Waals surface area contributed by atoms with E-state index in [1.54, 1.807) is 37.4 Å². The van der Waals surface area contributed by atoms with Crippen molar-refractivity contribution in [3.8, 4) is 0 Å². The van der Waals surface area contributed by atoms with Crippen LogP contribution in [0, 0.1) is 6.92 Å². The van der Waals surface area contributed by atoms with Gasteiger partial charge in [0.25, 0.3) is 5.91 Å². The molecule has 0 fully saturated rings. The maximum Gasteiger partial charge on any atom is 0.255 e. The number of pyridine rings is 1. The van der Waals surface area contributed by atoms with E-state index < -0.39 is 0 Å². The van der Waals surface area contributed by atoms with Crippen molar-refractivity contribution < 1.29 is 4.79 Å². The Bertz CT molecular complexity index is 661. The standard InChI is InChI=1S/C14H13BrClN3O/c1-8-5-9(6-13(17-2)18-8)14(20)19-10-3-4-11(15)12(16)7-10/h3-7H,1-2H3,(H,17,18)(H,19,20). The zero-order valence-corrected chi connectivity index (χ0v) is 13.3. The third-order valence-corrected chi connectivity index (χ3v) is 3.88. The van der Waals surface area contributed by atoms with Crippen molar-refractivity contribution in [1.82, 2.24) is 4.98 Å². The Labute approximate surface area is 130 Å². The molecule has 2 rings (SSSR count). The highest BCUT2D eigenvalue weighted by atomic mass is 79.9. The number of anilines is 2. The number of aromatic nitrogens is 1. The number of nitrogens with one attached hydrogen (secondary N) is 2. The van der Waals surface area contributed by atoms with Crippen LogP contribution in [0.5, 0.6) is 0 Å². The zero-order valence-electron chi connectivity index (χ0n) is 11.0. The van der Waals surface area contributed by atoms with Gasteiger partial charge >= 0.3 is 0 Å². The minimum Gasteiger partial charge on any atom is -0.373 e. The molecule has 2 N–H and O–H groups in total. The van der Waals surface area contributed by atoms with E-state index in [1.165, 1.54) is 0 Å². The lowest BCUT2D eigenvalue weighted by atomic mass is 10.2. The third kappa shape index (κ3) is 3.49. The van der Waals surface area contributed by atoms with Crippen LogP contribution < -0.4 is 10.6 Å². The van der Waals surface area contributed by atoms with Crippen molar-refractivity contribution >= 4 is 44.9 Å². The summed E-state index contributed by atoms with van der Waals surface area (Å²) in [5.74, 6) is 0.453. The predicted molar refractivity (Wildman–Crippen MR) is 85.6 cm³/mol. The van der Waals surface area contributed by atoms with Gasteiger partial charge in [0.05, 0.1) is 5.02 Å². The quantitative estimate of drug-likeness (QED) is 0.872. The van der Waals surface area contributed by atoms with Crippen molar-refractivity contribution in [2.24, 2.45) is 0 Å². The summed E-state index contributed by atoms with van der Waals surface area (Å²) in [5, 5.41) is 6.28. The number of aryl methyl sites for hydroxylation is 1. The second-order valence-corrected chi connectivity index (χ2v) is 5.48. The Morgan fingerprint density at radius 3 is 2.70 bits per heavy atom. The fourth-order valence-electron chi connectivity index (χ4n) is 1.70. The molecule has 0 atom stereocenters. The summed E-state index contributed by atoms with van der Waals surface area (Å²) in [5.41, 5.74) is 1.96. The number of carbonyl (C=O) groups is 1. The first-order valence-corrected chi connectivity index (χ1v) is 7.09. The number of hydrogen-bond acceptors (Lipinski definition) is 3. The van der Waals surface area contributed by atoms with E-state index in [9.17, 15) is 4.79 Å². The Morgan fingerprint density at radius 2 is 2.05 bits per heavy atom. The van der Waals surface area contributed by atoms with Crippen LogP contribution in [0.2, 0.25) is 5.02 Å². The molecule has 104 valence electrons. The molecule has 0 bridgehead atoms. The first-order chi connectivity index (χ1) is 9.49. The highest BCUT2D eigenvalue weighted by Crippen LogP contribution is 2.25. The van der Waals surface area contributed by atoms with Crippen LogP contribution in [0.1, 0.15) is 16.1 Å². The average molecular weight is 355 g/mol. The highest BCUT2D eigenvalue weighted by molar-refractivity contribution is 9.10.